The first-order valence-electron chi connectivity index (χ1n) is 6.16. The highest BCUT2D eigenvalue weighted by molar-refractivity contribution is 5.48. The van der Waals surface area contributed by atoms with Crippen molar-refractivity contribution >= 4 is 5.69 Å². The minimum Gasteiger partial charge on any atom is -0.396 e. The van der Waals surface area contributed by atoms with Crippen LogP contribution >= 0.6 is 0 Å². The van der Waals surface area contributed by atoms with Crippen LogP contribution in [0.4, 0.5) is 23.2 Å². The van der Waals surface area contributed by atoms with Crippen LogP contribution in [0.2, 0.25) is 0 Å². The van der Waals surface area contributed by atoms with Gasteiger partial charge in [-0.3, -0.25) is 0 Å². The van der Waals surface area contributed by atoms with Crippen LogP contribution in [0.1, 0.15) is 24.8 Å². The van der Waals surface area contributed by atoms with E-state index in [0.29, 0.717) is 6.07 Å². The molecule has 2 nitrogen and oxygen atoms in total. The number of hydrogen-bond donors (Lipinski definition) is 2. The molecule has 6 heteroatoms. The Kier molecular flexibility index (Phi) is 3.99. The van der Waals surface area contributed by atoms with Crippen molar-refractivity contribution in [2.24, 2.45) is 5.92 Å². The molecule has 1 fully saturated rings. The van der Waals surface area contributed by atoms with Gasteiger partial charge in [-0.15, -0.1) is 0 Å². The predicted octanol–water partition coefficient (Wildman–Crippen LogP) is 3.42. The number of nitrogens with one attached hydrogen (secondary N) is 1. The fraction of sp³-hybridized carbons (Fsp3) is 0.538. The number of halogens is 4. The van der Waals surface area contributed by atoms with Crippen molar-refractivity contribution in [1.82, 2.24) is 0 Å². The van der Waals surface area contributed by atoms with Crippen molar-refractivity contribution < 1.29 is 22.7 Å². The van der Waals surface area contributed by atoms with Gasteiger partial charge in [0, 0.05) is 18.6 Å². The van der Waals surface area contributed by atoms with Gasteiger partial charge in [-0.1, -0.05) is 6.42 Å². The molecule has 2 rings (SSSR count). The van der Waals surface area contributed by atoms with Crippen molar-refractivity contribution in [3.63, 3.8) is 0 Å². The molecule has 1 aromatic carbocycles. The second-order valence-corrected chi connectivity index (χ2v) is 4.82. The van der Waals surface area contributed by atoms with E-state index in [0.717, 1.165) is 31.4 Å². The zero-order valence-corrected chi connectivity index (χ0v) is 10.2. The van der Waals surface area contributed by atoms with Crippen LogP contribution in [0.3, 0.4) is 0 Å². The Balaban J connectivity index is 2.13. The molecule has 0 bridgehead atoms. The summed E-state index contributed by atoms with van der Waals surface area (Å²) < 4.78 is 50.8. The summed E-state index contributed by atoms with van der Waals surface area (Å²) in [4.78, 5) is 0. The third-order valence-electron chi connectivity index (χ3n) is 3.53. The van der Waals surface area contributed by atoms with E-state index < -0.39 is 17.6 Å². The number of anilines is 1. The molecule has 1 aliphatic carbocycles. The number of hydrogen-bond acceptors (Lipinski definition) is 2. The smallest absolute Gasteiger partial charge is 0.396 e. The van der Waals surface area contributed by atoms with Crippen LogP contribution in [0, 0.1) is 11.7 Å². The van der Waals surface area contributed by atoms with Gasteiger partial charge in [-0.05, 0) is 31.0 Å². The highest BCUT2D eigenvalue weighted by atomic mass is 19.4. The lowest BCUT2D eigenvalue weighted by Crippen LogP contribution is -2.26. The van der Waals surface area contributed by atoms with Gasteiger partial charge in [0.15, 0.2) is 0 Å². The lowest BCUT2D eigenvalue weighted by molar-refractivity contribution is -0.137. The third-order valence-corrected chi connectivity index (χ3v) is 3.53. The SMILES string of the molecule is OCC1CCCC1Nc1ccc(C(F)(F)F)cc1F. The van der Waals surface area contributed by atoms with E-state index in [4.69, 9.17) is 5.11 Å². The van der Waals surface area contributed by atoms with E-state index in [1.165, 1.54) is 0 Å². The molecular weight excluding hydrogens is 262 g/mol. The Labute approximate surface area is 108 Å². The van der Waals surface area contributed by atoms with Crippen LogP contribution in [0.25, 0.3) is 0 Å². The molecule has 2 unspecified atom stereocenters. The van der Waals surface area contributed by atoms with Crippen molar-refractivity contribution in [2.45, 2.75) is 31.5 Å². The normalized spacial score (nSPS) is 23.6. The molecule has 106 valence electrons. The molecule has 0 aliphatic heterocycles. The summed E-state index contributed by atoms with van der Waals surface area (Å²) in [6.07, 6.45) is -1.99. The van der Waals surface area contributed by atoms with E-state index in [1.807, 2.05) is 0 Å². The Morgan fingerprint density at radius 2 is 2.00 bits per heavy atom. The van der Waals surface area contributed by atoms with Crippen molar-refractivity contribution in [3.05, 3.63) is 29.6 Å². The van der Waals surface area contributed by atoms with Crippen LogP contribution in [0.15, 0.2) is 18.2 Å². The van der Waals surface area contributed by atoms with Crippen molar-refractivity contribution in [2.75, 3.05) is 11.9 Å². The number of aliphatic hydroxyl groups excluding tert-OH is 1. The molecule has 1 aliphatic rings. The minimum atomic E-state index is -4.54. The Bertz CT molecular complexity index is 447. The standard InChI is InChI=1S/C13H15F4NO/c14-10-6-9(13(15,16)17)4-5-12(10)18-11-3-1-2-8(11)7-19/h4-6,8,11,18-19H,1-3,7H2. The summed E-state index contributed by atoms with van der Waals surface area (Å²) in [7, 11) is 0. The first kappa shape index (κ1) is 14.1. The van der Waals surface area contributed by atoms with Crippen LogP contribution in [-0.2, 0) is 6.18 Å². The zero-order valence-electron chi connectivity index (χ0n) is 10.2. The Morgan fingerprint density at radius 1 is 1.26 bits per heavy atom. The predicted molar refractivity (Wildman–Crippen MR) is 63.2 cm³/mol. The summed E-state index contributed by atoms with van der Waals surface area (Å²) in [5, 5.41) is 12.0. The highest BCUT2D eigenvalue weighted by Crippen LogP contribution is 2.33. The summed E-state index contributed by atoms with van der Waals surface area (Å²) in [6, 6.07) is 2.36. The molecule has 19 heavy (non-hydrogen) atoms. The molecule has 2 N–H and O–H groups in total. The topological polar surface area (TPSA) is 32.3 Å². The lowest BCUT2D eigenvalue weighted by atomic mass is 10.0. The van der Waals surface area contributed by atoms with Crippen LogP contribution in [0.5, 0.6) is 0 Å². The molecule has 0 radical (unpaired) electrons. The fourth-order valence-corrected chi connectivity index (χ4v) is 2.45. The van der Waals surface area contributed by atoms with E-state index in [9.17, 15) is 17.6 Å². The quantitative estimate of drug-likeness (QED) is 0.830. The summed E-state index contributed by atoms with van der Waals surface area (Å²) >= 11 is 0. The molecule has 1 saturated carbocycles. The van der Waals surface area contributed by atoms with E-state index in [2.05, 4.69) is 5.32 Å². The van der Waals surface area contributed by atoms with Gasteiger partial charge in [-0.2, -0.15) is 13.2 Å². The molecule has 0 heterocycles. The number of benzene rings is 1. The maximum Gasteiger partial charge on any atom is 0.416 e. The molecule has 0 aromatic heterocycles. The molecular formula is C13H15F4NO. The summed E-state index contributed by atoms with van der Waals surface area (Å²) in [5.41, 5.74) is -0.945. The van der Waals surface area contributed by atoms with Gasteiger partial charge in [0.1, 0.15) is 5.82 Å². The second-order valence-electron chi connectivity index (χ2n) is 4.82. The zero-order chi connectivity index (χ0) is 14.0. The van der Waals surface area contributed by atoms with Crippen LogP contribution < -0.4 is 5.32 Å². The molecule has 1 aromatic rings. The largest absolute Gasteiger partial charge is 0.416 e. The maximum atomic E-state index is 13.6. The van der Waals surface area contributed by atoms with Gasteiger partial charge in [0.05, 0.1) is 11.3 Å². The fourth-order valence-electron chi connectivity index (χ4n) is 2.45. The average molecular weight is 277 g/mol. The highest BCUT2D eigenvalue weighted by Gasteiger charge is 2.32. The van der Waals surface area contributed by atoms with Gasteiger partial charge >= 0.3 is 6.18 Å². The lowest BCUT2D eigenvalue weighted by Gasteiger charge is -2.21. The summed E-state index contributed by atoms with van der Waals surface area (Å²) in [6.45, 7) is -0.0000790. The summed E-state index contributed by atoms with van der Waals surface area (Å²) in [5.74, 6) is -0.889. The maximum absolute atomic E-state index is 13.6. The van der Waals surface area contributed by atoms with Crippen molar-refractivity contribution in [3.8, 4) is 0 Å². The van der Waals surface area contributed by atoms with Crippen LogP contribution in [-0.4, -0.2) is 17.8 Å². The number of alkyl halides is 3. The Morgan fingerprint density at radius 3 is 2.58 bits per heavy atom. The monoisotopic (exact) mass is 277 g/mol. The molecule has 0 spiro atoms. The van der Waals surface area contributed by atoms with Gasteiger partial charge in [0.25, 0.3) is 0 Å². The van der Waals surface area contributed by atoms with E-state index in [1.54, 1.807) is 0 Å². The van der Waals surface area contributed by atoms with Crippen molar-refractivity contribution in [1.29, 1.82) is 0 Å². The average Bonchev–Trinajstić information content (AvgIpc) is 2.77. The Hall–Kier alpha value is -1.30. The minimum absolute atomic E-state index is 0.0000790. The first-order valence-corrected chi connectivity index (χ1v) is 6.16. The molecule has 2 atom stereocenters. The van der Waals surface area contributed by atoms with Gasteiger partial charge in [0.2, 0.25) is 0 Å². The number of rotatable bonds is 3. The third kappa shape index (κ3) is 3.18. The first-order chi connectivity index (χ1) is 8.91. The van der Waals surface area contributed by atoms with E-state index in [-0.39, 0.29) is 24.3 Å². The van der Waals surface area contributed by atoms with E-state index >= 15 is 0 Å². The van der Waals surface area contributed by atoms with Gasteiger partial charge < -0.3 is 10.4 Å². The number of aliphatic hydroxyl groups is 1. The molecule has 0 saturated heterocycles. The second kappa shape index (κ2) is 5.36. The van der Waals surface area contributed by atoms with Gasteiger partial charge in [-0.25, -0.2) is 4.39 Å². The molecule has 0 amide bonds.